The molecule has 0 fully saturated rings. The number of rotatable bonds is 3. The summed E-state index contributed by atoms with van der Waals surface area (Å²) in [6.45, 7) is 0. The number of fused-ring (bicyclic) bond motifs is 1. The molecule has 3 rings (SSSR count). The number of aliphatic hydroxyl groups is 1. The van der Waals surface area contributed by atoms with Crippen molar-refractivity contribution in [1.82, 2.24) is 0 Å². The minimum absolute atomic E-state index is 0.106. The molecule has 0 aliphatic heterocycles. The lowest BCUT2D eigenvalue weighted by Crippen LogP contribution is -2.25. The van der Waals surface area contributed by atoms with E-state index in [4.69, 9.17) is 11.6 Å². The van der Waals surface area contributed by atoms with E-state index < -0.39 is 11.9 Å². The maximum absolute atomic E-state index is 13.5. The minimum Gasteiger partial charge on any atom is -0.392 e. The van der Waals surface area contributed by atoms with Gasteiger partial charge in [0.15, 0.2) is 0 Å². The molecule has 0 aromatic heterocycles. The predicted molar refractivity (Wildman–Crippen MR) is 83.2 cm³/mol. The quantitative estimate of drug-likeness (QED) is 0.885. The molecule has 1 nitrogen and oxygen atoms in total. The molecule has 0 saturated carbocycles. The summed E-state index contributed by atoms with van der Waals surface area (Å²) >= 11 is 5.99. The highest BCUT2D eigenvalue weighted by atomic mass is 35.5. The first-order valence-corrected chi connectivity index (χ1v) is 7.73. The van der Waals surface area contributed by atoms with Crippen LogP contribution in [0.25, 0.3) is 0 Å². The Morgan fingerprint density at radius 2 is 2.00 bits per heavy atom. The topological polar surface area (TPSA) is 20.2 Å². The third kappa shape index (κ3) is 2.97. The van der Waals surface area contributed by atoms with Gasteiger partial charge in [-0.2, -0.15) is 0 Å². The van der Waals surface area contributed by atoms with Gasteiger partial charge in [0.2, 0.25) is 0 Å². The summed E-state index contributed by atoms with van der Waals surface area (Å²) in [6.07, 6.45) is 2.96. The van der Waals surface area contributed by atoms with Crippen LogP contribution in [0, 0.1) is 5.82 Å². The van der Waals surface area contributed by atoms with Crippen LogP contribution in [0.15, 0.2) is 42.5 Å². The highest BCUT2D eigenvalue weighted by Crippen LogP contribution is 2.35. The van der Waals surface area contributed by atoms with Gasteiger partial charge in [0, 0.05) is 12.3 Å². The summed E-state index contributed by atoms with van der Waals surface area (Å²) in [6, 6.07) is 13.0. The largest absolute Gasteiger partial charge is 0.392 e. The Kier molecular flexibility index (Phi) is 4.27. The van der Waals surface area contributed by atoms with Gasteiger partial charge in [-0.05, 0) is 42.0 Å². The van der Waals surface area contributed by atoms with Gasteiger partial charge in [-0.15, -0.1) is 0 Å². The Hall–Kier alpha value is -1.38. The van der Waals surface area contributed by atoms with E-state index >= 15 is 0 Å². The Bertz CT molecular complexity index is 641. The number of aliphatic hydroxyl groups excluding tert-OH is 1. The van der Waals surface area contributed by atoms with Crippen molar-refractivity contribution in [1.29, 1.82) is 0 Å². The predicted octanol–water partition coefficient (Wildman–Crippen LogP) is 4.50. The molecule has 2 aromatic rings. The second-order valence-corrected chi connectivity index (χ2v) is 6.06. The molecular formula is C18H18ClFO. The fraction of sp³-hybridized carbons (Fsp3) is 0.333. The van der Waals surface area contributed by atoms with Crippen LogP contribution in [0.3, 0.4) is 0 Å². The lowest BCUT2D eigenvalue weighted by Gasteiger charge is -2.29. The van der Waals surface area contributed by atoms with Gasteiger partial charge in [0.1, 0.15) is 5.82 Å². The standard InChI is InChI=1S/C18H18ClFO/c19-18-13(7-4-10-16(18)20)11-17(21)15-9-3-6-12-5-1-2-8-14(12)15/h1-2,4-5,7-8,10,15,17,21H,3,6,9,11H2. The maximum Gasteiger partial charge on any atom is 0.142 e. The van der Waals surface area contributed by atoms with Crippen LogP contribution in [0.1, 0.15) is 35.4 Å². The summed E-state index contributed by atoms with van der Waals surface area (Å²) in [5, 5.41) is 10.7. The molecule has 0 heterocycles. The van der Waals surface area contributed by atoms with Crippen LogP contribution >= 0.6 is 11.6 Å². The number of hydrogen-bond donors (Lipinski definition) is 1. The second-order valence-electron chi connectivity index (χ2n) is 5.68. The van der Waals surface area contributed by atoms with E-state index in [1.165, 1.54) is 17.2 Å². The van der Waals surface area contributed by atoms with Crippen LogP contribution in [0.5, 0.6) is 0 Å². The van der Waals surface area contributed by atoms with Crippen LogP contribution in [0.4, 0.5) is 4.39 Å². The van der Waals surface area contributed by atoms with Crippen molar-refractivity contribution in [3.05, 3.63) is 70.0 Å². The molecule has 0 spiro atoms. The fourth-order valence-electron chi connectivity index (χ4n) is 3.26. The first kappa shape index (κ1) is 14.6. The van der Waals surface area contributed by atoms with Crippen molar-refractivity contribution < 1.29 is 9.50 Å². The number of benzene rings is 2. The summed E-state index contributed by atoms with van der Waals surface area (Å²) in [7, 11) is 0. The summed E-state index contributed by atoms with van der Waals surface area (Å²) in [4.78, 5) is 0. The molecule has 21 heavy (non-hydrogen) atoms. The van der Waals surface area contributed by atoms with Crippen molar-refractivity contribution in [2.45, 2.75) is 37.7 Å². The van der Waals surface area contributed by atoms with Crippen molar-refractivity contribution >= 4 is 11.6 Å². The molecule has 0 saturated heterocycles. The van der Waals surface area contributed by atoms with Crippen molar-refractivity contribution in [3.63, 3.8) is 0 Å². The molecule has 2 unspecified atom stereocenters. The monoisotopic (exact) mass is 304 g/mol. The lowest BCUT2D eigenvalue weighted by atomic mass is 9.78. The average Bonchev–Trinajstić information content (AvgIpc) is 2.51. The summed E-state index contributed by atoms with van der Waals surface area (Å²) in [5.74, 6) is -0.320. The second kappa shape index (κ2) is 6.17. The molecule has 3 heteroatoms. The van der Waals surface area contributed by atoms with Gasteiger partial charge in [-0.25, -0.2) is 4.39 Å². The van der Waals surface area contributed by atoms with Crippen molar-refractivity contribution in [2.24, 2.45) is 0 Å². The Balaban J connectivity index is 1.83. The summed E-state index contributed by atoms with van der Waals surface area (Å²) in [5.41, 5.74) is 3.22. The summed E-state index contributed by atoms with van der Waals surface area (Å²) < 4.78 is 13.5. The Morgan fingerprint density at radius 1 is 1.19 bits per heavy atom. The smallest absolute Gasteiger partial charge is 0.142 e. The number of halogens is 2. The third-order valence-corrected chi connectivity index (χ3v) is 4.76. The van der Waals surface area contributed by atoms with Crippen molar-refractivity contribution in [3.8, 4) is 0 Å². The molecule has 1 aliphatic rings. The number of aryl methyl sites for hydroxylation is 1. The molecule has 0 bridgehead atoms. The Labute approximate surface area is 129 Å². The van der Waals surface area contributed by atoms with E-state index in [0.29, 0.717) is 12.0 Å². The molecule has 0 radical (unpaired) electrons. The molecule has 110 valence electrons. The third-order valence-electron chi connectivity index (χ3n) is 4.34. The van der Waals surface area contributed by atoms with E-state index in [1.807, 2.05) is 12.1 Å². The molecule has 2 aromatic carbocycles. The zero-order valence-corrected chi connectivity index (χ0v) is 12.5. The lowest BCUT2D eigenvalue weighted by molar-refractivity contribution is 0.134. The van der Waals surface area contributed by atoms with Gasteiger partial charge in [-0.1, -0.05) is 48.0 Å². The maximum atomic E-state index is 13.5. The fourth-order valence-corrected chi connectivity index (χ4v) is 3.47. The highest BCUT2D eigenvalue weighted by Gasteiger charge is 2.27. The van der Waals surface area contributed by atoms with Gasteiger partial charge in [-0.3, -0.25) is 0 Å². The van der Waals surface area contributed by atoms with Gasteiger partial charge in [0.05, 0.1) is 11.1 Å². The van der Waals surface area contributed by atoms with Crippen LogP contribution in [-0.2, 0) is 12.8 Å². The first-order chi connectivity index (χ1) is 10.2. The Morgan fingerprint density at radius 3 is 2.86 bits per heavy atom. The highest BCUT2D eigenvalue weighted by molar-refractivity contribution is 6.31. The molecule has 1 N–H and O–H groups in total. The molecule has 1 aliphatic carbocycles. The zero-order chi connectivity index (χ0) is 14.8. The van der Waals surface area contributed by atoms with Gasteiger partial charge in [0.25, 0.3) is 0 Å². The van der Waals surface area contributed by atoms with Gasteiger partial charge >= 0.3 is 0 Å². The zero-order valence-electron chi connectivity index (χ0n) is 11.7. The average molecular weight is 305 g/mol. The van der Waals surface area contributed by atoms with E-state index in [2.05, 4.69) is 12.1 Å². The van der Waals surface area contributed by atoms with E-state index in [1.54, 1.807) is 12.1 Å². The van der Waals surface area contributed by atoms with Crippen LogP contribution in [0.2, 0.25) is 5.02 Å². The van der Waals surface area contributed by atoms with Crippen LogP contribution < -0.4 is 0 Å². The normalized spacial score (nSPS) is 19.1. The first-order valence-electron chi connectivity index (χ1n) is 7.35. The number of hydrogen-bond acceptors (Lipinski definition) is 1. The van der Waals surface area contributed by atoms with Crippen LogP contribution in [-0.4, -0.2) is 11.2 Å². The van der Waals surface area contributed by atoms with E-state index in [-0.39, 0.29) is 10.9 Å². The minimum atomic E-state index is -0.536. The molecule has 2 atom stereocenters. The SMILES string of the molecule is OC(Cc1cccc(F)c1Cl)C1CCCc2ccccc21. The van der Waals surface area contributed by atoms with E-state index in [9.17, 15) is 9.50 Å². The van der Waals surface area contributed by atoms with E-state index in [0.717, 1.165) is 19.3 Å². The molecule has 0 amide bonds. The van der Waals surface area contributed by atoms with Crippen molar-refractivity contribution in [2.75, 3.05) is 0 Å². The molecular weight excluding hydrogens is 287 g/mol. The van der Waals surface area contributed by atoms with Gasteiger partial charge < -0.3 is 5.11 Å².